The van der Waals surface area contributed by atoms with Crippen molar-refractivity contribution in [3.63, 3.8) is 0 Å². The van der Waals surface area contributed by atoms with E-state index < -0.39 is 4.92 Å². The highest BCUT2D eigenvalue weighted by Crippen LogP contribution is 2.25. The van der Waals surface area contributed by atoms with Crippen molar-refractivity contribution in [2.45, 2.75) is 6.92 Å². The number of amides is 1. The second-order valence-corrected chi connectivity index (χ2v) is 5.62. The number of carbonyl (C=O) groups excluding carboxylic acids is 1. The number of hydrogen-bond acceptors (Lipinski definition) is 5. The lowest BCUT2D eigenvalue weighted by atomic mass is 10.1. The Morgan fingerprint density at radius 2 is 2.04 bits per heavy atom. The maximum Gasteiger partial charge on any atom is 0.270 e. The van der Waals surface area contributed by atoms with Crippen LogP contribution in [0.3, 0.4) is 0 Å². The Morgan fingerprint density at radius 1 is 1.28 bits per heavy atom. The fraction of sp³-hybridized carbons (Fsp3) is 0.278. The molecule has 1 N–H and O–H groups in total. The monoisotopic (exact) mass is 343 g/mol. The van der Waals surface area contributed by atoms with Crippen molar-refractivity contribution < 1.29 is 14.5 Å². The molecule has 0 atom stereocenters. The van der Waals surface area contributed by atoms with E-state index in [-0.39, 0.29) is 17.2 Å². The van der Waals surface area contributed by atoms with Crippen LogP contribution in [-0.4, -0.2) is 38.1 Å². The number of hydrogen-bond donors (Lipinski definition) is 1. The van der Waals surface area contributed by atoms with E-state index in [1.165, 1.54) is 19.2 Å². The van der Waals surface area contributed by atoms with Gasteiger partial charge in [-0.1, -0.05) is 12.1 Å². The van der Waals surface area contributed by atoms with Gasteiger partial charge in [-0.3, -0.25) is 14.9 Å². The first-order valence-corrected chi connectivity index (χ1v) is 7.83. The van der Waals surface area contributed by atoms with Crippen LogP contribution in [-0.2, 0) is 0 Å². The van der Waals surface area contributed by atoms with E-state index in [1.807, 2.05) is 43.1 Å². The fourth-order valence-electron chi connectivity index (χ4n) is 2.41. The van der Waals surface area contributed by atoms with Crippen molar-refractivity contribution in [2.75, 3.05) is 32.1 Å². The van der Waals surface area contributed by atoms with Crippen LogP contribution in [0.4, 0.5) is 11.4 Å². The number of rotatable bonds is 7. The summed E-state index contributed by atoms with van der Waals surface area (Å²) in [6, 6.07) is 12.0. The molecule has 0 aliphatic carbocycles. The van der Waals surface area contributed by atoms with Gasteiger partial charge in [-0.15, -0.1) is 0 Å². The smallest absolute Gasteiger partial charge is 0.270 e. The normalized spacial score (nSPS) is 10.2. The Balaban J connectivity index is 2.10. The average molecular weight is 343 g/mol. The maximum absolute atomic E-state index is 12.1. The standard InChI is InChI=1S/C18H21N3O4/c1-13-5-4-6-15(11-13)25-10-9-20(3)17-8-7-14(21(23)24)12-16(17)18(22)19-2/h4-8,11-12H,9-10H2,1-3H3,(H,19,22). The highest BCUT2D eigenvalue weighted by atomic mass is 16.6. The highest BCUT2D eigenvalue weighted by molar-refractivity contribution is 6.00. The molecule has 0 aliphatic rings. The number of nitrogens with zero attached hydrogens (tertiary/aromatic N) is 2. The van der Waals surface area contributed by atoms with Gasteiger partial charge in [-0.2, -0.15) is 0 Å². The van der Waals surface area contributed by atoms with E-state index in [1.54, 1.807) is 6.07 Å². The average Bonchev–Trinajstić information content (AvgIpc) is 2.60. The second kappa shape index (κ2) is 8.14. The Bertz CT molecular complexity index is 777. The molecule has 2 rings (SSSR count). The first kappa shape index (κ1) is 18.3. The highest BCUT2D eigenvalue weighted by Gasteiger charge is 2.18. The van der Waals surface area contributed by atoms with E-state index >= 15 is 0 Å². The Labute approximate surface area is 146 Å². The zero-order valence-corrected chi connectivity index (χ0v) is 14.5. The summed E-state index contributed by atoms with van der Waals surface area (Å²) >= 11 is 0. The Kier molecular flexibility index (Phi) is 5.94. The summed E-state index contributed by atoms with van der Waals surface area (Å²) in [5, 5.41) is 13.5. The van der Waals surface area contributed by atoms with Gasteiger partial charge in [0, 0.05) is 31.9 Å². The number of likely N-dealkylation sites (N-methyl/N-ethyl adjacent to an activating group) is 1. The molecule has 0 heterocycles. The molecule has 132 valence electrons. The van der Waals surface area contributed by atoms with Crippen molar-refractivity contribution in [1.82, 2.24) is 5.32 Å². The van der Waals surface area contributed by atoms with Gasteiger partial charge in [0.25, 0.3) is 11.6 Å². The van der Waals surface area contributed by atoms with E-state index in [0.717, 1.165) is 11.3 Å². The van der Waals surface area contributed by atoms with E-state index in [0.29, 0.717) is 18.8 Å². The quantitative estimate of drug-likeness (QED) is 0.617. The van der Waals surface area contributed by atoms with E-state index in [4.69, 9.17) is 4.74 Å². The number of nitro benzene ring substituents is 1. The first-order chi connectivity index (χ1) is 11.9. The molecule has 25 heavy (non-hydrogen) atoms. The van der Waals surface area contributed by atoms with Gasteiger partial charge in [-0.25, -0.2) is 0 Å². The Morgan fingerprint density at radius 3 is 2.68 bits per heavy atom. The van der Waals surface area contributed by atoms with Gasteiger partial charge in [0.2, 0.25) is 0 Å². The van der Waals surface area contributed by atoms with Gasteiger partial charge in [0.05, 0.1) is 17.0 Å². The molecular formula is C18H21N3O4. The number of nitro groups is 1. The SMILES string of the molecule is CNC(=O)c1cc([N+](=O)[O-])ccc1N(C)CCOc1cccc(C)c1. The molecule has 0 aromatic heterocycles. The number of non-ortho nitro benzene ring substituents is 1. The van der Waals surface area contributed by atoms with Crippen LogP contribution in [0.5, 0.6) is 5.75 Å². The maximum atomic E-state index is 12.1. The van der Waals surface area contributed by atoms with Crippen LogP contribution in [0.25, 0.3) is 0 Å². The minimum atomic E-state index is -0.517. The van der Waals surface area contributed by atoms with E-state index in [2.05, 4.69) is 5.32 Å². The molecule has 1 amide bonds. The summed E-state index contributed by atoms with van der Waals surface area (Å²) in [4.78, 5) is 24.3. The summed E-state index contributed by atoms with van der Waals surface area (Å²) in [5.74, 6) is 0.411. The van der Waals surface area contributed by atoms with Crippen LogP contribution in [0.1, 0.15) is 15.9 Å². The lowest BCUT2D eigenvalue weighted by molar-refractivity contribution is -0.384. The molecule has 0 unspecified atom stereocenters. The lowest BCUT2D eigenvalue weighted by Gasteiger charge is -2.22. The summed E-state index contributed by atoms with van der Waals surface area (Å²) in [7, 11) is 3.30. The third-order valence-corrected chi connectivity index (χ3v) is 3.76. The molecule has 2 aromatic carbocycles. The van der Waals surface area contributed by atoms with Gasteiger partial charge >= 0.3 is 0 Å². The molecule has 0 fully saturated rings. The molecular weight excluding hydrogens is 322 g/mol. The van der Waals surface area contributed by atoms with Gasteiger partial charge < -0.3 is 15.0 Å². The largest absolute Gasteiger partial charge is 0.492 e. The van der Waals surface area contributed by atoms with Crippen molar-refractivity contribution in [2.24, 2.45) is 0 Å². The minimum absolute atomic E-state index is 0.119. The molecule has 2 aromatic rings. The van der Waals surface area contributed by atoms with Crippen molar-refractivity contribution in [1.29, 1.82) is 0 Å². The van der Waals surface area contributed by atoms with Crippen molar-refractivity contribution in [3.8, 4) is 5.75 Å². The van der Waals surface area contributed by atoms with Gasteiger partial charge in [0.1, 0.15) is 12.4 Å². The number of anilines is 1. The van der Waals surface area contributed by atoms with Gasteiger partial charge in [-0.05, 0) is 30.7 Å². The summed E-state index contributed by atoms with van der Waals surface area (Å²) in [5.41, 5.74) is 1.86. The predicted molar refractivity (Wildman–Crippen MR) is 96.4 cm³/mol. The fourth-order valence-corrected chi connectivity index (χ4v) is 2.41. The Hall–Kier alpha value is -3.09. The second-order valence-electron chi connectivity index (χ2n) is 5.62. The molecule has 7 heteroatoms. The van der Waals surface area contributed by atoms with Crippen LogP contribution in [0.15, 0.2) is 42.5 Å². The van der Waals surface area contributed by atoms with Crippen LogP contribution in [0.2, 0.25) is 0 Å². The number of benzene rings is 2. The lowest BCUT2D eigenvalue weighted by Crippen LogP contribution is -2.28. The summed E-state index contributed by atoms with van der Waals surface area (Å²) < 4.78 is 5.72. The number of carbonyl (C=O) groups is 1. The molecule has 7 nitrogen and oxygen atoms in total. The van der Waals surface area contributed by atoms with Crippen LogP contribution < -0.4 is 15.0 Å². The van der Waals surface area contributed by atoms with Crippen molar-refractivity contribution in [3.05, 3.63) is 63.7 Å². The zero-order chi connectivity index (χ0) is 18.4. The zero-order valence-electron chi connectivity index (χ0n) is 14.5. The predicted octanol–water partition coefficient (Wildman–Crippen LogP) is 2.78. The topological polar surface area (TPSA) is 84.7 Å². The molecule has 0 saturated carbocycles. The summed E-state index contributed by atoms with van der Waals surface area (Å²) in [6.07, 6.45) is 0. The van der Waals surface area contributed by atoms with Crippen LogP contribution in [0, 0.1) is 17.0 Å². The molecule has 0 saturated heterocycles. The number of nitrogens with one attached hydrogen (secondary N) is 1. The summed E-state index contributed by atoms with van der Waals surface area (Å²) in [6.45, 7) is 2.94. The third kappa shape index (κ3) is 4.69. The van der Waals surface area contributed by atoms with Crippen molar-refractivity contribution >= 4 is 17.3 Å². The number of aryl methyl sites for hydroxylation is 1. The van der Waals surface area contributed by atoms with E-state index in [9.17, 15) is 14.9 Å². The number of ether oxygens (including phenoxy) is 1. The first-order valence-electron chi connectivity index (χ1n) is 7.83. The minimum Gasteiger partial charge on any atom is -0.492 e. The van der Waals surface area contributed by atoms with Crippen LogP contribution >= 0.6 is 0 Å². The molecule has 0 aliphatic heterocycles. The molecule has 0 radical (unpaired) electrons. The molecule has 0 spiro atoms. The third-order valence-electron chi connectivity index (χ3n) is 3.76. The van der Waals surface area contributed by atoms with Gasteiger partial charge in [0.15, 0.2) is 0 Å². The molecule has 0 bridgehead atoms.